The predicted molar refractivity (Wildman–Crippen MR) is 65.6 cm³/mol. The summed E-state index contributed by atoms with van der Waals surface area (Å²) in [4.78, 5) is 3.98. The molecule has 17 heavy (non-hydrogen) atoms. The van der Waals surface area contributed by atoms with Gasteiger partial charge >= 0.3 is 0 Å². The fraction of sp³-hybridized carbons (Fsp3) is 0. The number of rotatable bonds is 1. The van der Waals surface area contributed by atoms with Crippen LogP contribution < -0.4 is 5.73 Å². The van der Waals surface area contributed by atoms with Gasteiger partial charge in [-0.2, -0.15) is 0 Å². The number of anilines is 1. The fourth-order valence-corrected chi connectivity index (χ4v) is 1.97. The number of hydrogen-bond donors (Lipinski definition) is 1. The molecule has 0 saturated carbocycles. The third-order valence-electron chi connectivity index (χ3n) is 2.48. The van der Waals surface area contributed by atoms with Gasteiger partial charge in [0.2, 0.25) is 0 Å². The van der Waals surface area contributed by atoms with E-state index in [4.69, 9.17) is 17.3 Å². The Balaban J connectivity index is 2.35. The van der Waals surface area contributed by atoms with Crippen molar-refractivity contribution in [1.82, 2.24) is 19.6 Å². The highest BCUT2D eigenvalue weighted by molar-refractivity contribution is 6.33. The van der Waals surface area contributed by atoms with Gasteiger partial charge in [0.25, 0.3) is 0 Å². The first-order chi connectivity index (χ1) is 8.27. The molecule has 0 spiro atoms. The molecule has 0 saturated heterocycles. The second kappa shape index (κ2) is 3.71. The Bertz CT molecular complexity index is 671. The van der Waals surface area contributed by atoms with E-state index >= 15 is 0 Å². The molecule has 2 aromatic heterocycles. The van der Waals surface area contributed by atoms with E-state index in [2.05, 4.69) is 15.2 Å². The molecule has 0 amide bonds. The zero-order valence-corrected chi connectivity index (χ0v) is 9.46. The minimum Gasteiger partial charge on any atom is -0.398 e. The molecule has 6 heteroatoms. The van der Waals surface area contributed by atoms with Crippen molar-refractivity contribution in [1.29, 1.82) is 0 Å². The Kier molecular flexibility index (Phi) is 2.19. The molecule has 1 aromatic carbocycles. The van der Waals surface area contributed by atoms with Crippen LogP contribution in [0.2, 0.25) is 5.02 Å². The van der Waals surface area contributed by atoms with Crippen LogP contribution >= 0.6 is 11.6 Å². The van der Waals surface area contributed by atoms with E-state index in [-0.39, 0.29) is 0 Å². The van der Waals surface area contributed by atoms with Crippen molar-refractivity contribution in [2.24, 2.45) is 0 Å². The summed E-state index contributed by atoms with van der Waals surface area (Å²) in [5.74, 6) is 0.616. The van der Waals surface area contributed by atoms with Crippen molar-refractivity contribution < 1.29 is 0 Å². The number of benzene rings is 1. The first-order valence-electron chi connectivity index (χ1n) is 4.96. The molecular formula is C11H8ClN5. The number of fused-ring (bicyclic) bond motifs is 1. The highest BCUT2D eigenvalue weighted by atomic mass is 35.5. The number of nitrogens with zero attached hydrogens (tertiary/aromatic N) is 4. The maximum atomic E-state index is 6.14. The minimum atomic E-state index is 0.552. The summed E-state index contributed by atoms with van der Waals surface area (Å²) in [7, 11) is 0. The van der Waals surface area contributed by atoms with E-state index in [0.29, 0.717) is 27.7 Å². The average Bonchev–Trinajstić information content (AvgIpc) is 2.73. The van der Waals surface area contributed by atoms with Gasteiger partial charge in [-0.25, -0.2) is 0 Å². The van der Waals surface area contributed by atoms with Gasteiger partial charge in [-0.3, -0.25) is 9.38 Å². The Morgan fingerprint density at radius 3 is 2.94 bits per heavy atom. The highest BCUT2D eigenvalue weighted by Crippen LogP contribution is 2.31. The van der Waals surface area contributed by atoms with Crippen molar-refractivity contribution in [3.05, 3.63) is 41.8 Å². The van der Waals surface area contributed by atoms with Crippen molar-refractivity contribution >= 4 is 22.9 Å². The first kappa shape index (κ1) is 10.0. The van der Waals surface area contributed by atoms with E-state index in [1.54, 1.807) is 41.2 Å². The molecule has 0 aliphatic rings. The maximum absolute atomic E-state index is 6.14. The molecule has 0 radical (unpaired) electrons. The van der Waals surface area contributed by atoms with E-state index in [1.165, 1.54) is 0 Å². The Morgan fingerprint density at radius 2 is 2.12 bits per heavy atom. The number of halogens is 1. The normalized spacial score (nSPS) is 10.9. The molecule has 84 valence electrons. The summed E-state index contributed by atoms with van der Waals surface area (Å²) in [6.07, 6.45) is 5.06. The van der Waals surface area contributed by atoms with Crippen molar-refractivity contribution in [3.63, 3.8) is 0 Å². The topological polar surface area (TPSA) is 69.1 Å². The van der Waals surface area contributed by atoms with Crippen LogP contribution in [0.1, 0.15) is 0 Å². The number of nitrogens with two attached hydrogens (primary N) is 1. The van der Waals surface area contributed by atoms with Crippen LogP contribution in [-0.4, -0.2) is 19.6 Å². The summed E-state index contributed by atoms with van der Waals surface area (Å²) < 4.78 is 1.80. The van der Waals surface area contributed by atoms with Gasteiger partial charge < -0.3 is 5.73 Å². The molecule has 0 aliphatic carbocycles. The Labute approximate surface area is 102 Å². The van der Waals surface area contributed by atoms with Crippen molar-refractivity contribution in [3.8, 4) is 11.4 Å². The summed E-state index contributed by atoms with van der Waals surface area (Å²) in [5, 5.41) is 8.66. The predicted octanol–water partition coefficient (Wildman–Crippen LogP) is 2.03. The molecule has 3 aromatic rings. The Morgan fingerprint density at radius 1 is 1.24 bits per heavy atom. The average molecular weight is 246 g/mol. The molecule has 2 heterocycles. The van der Waals surface area contributed by atoms with Crippen LogP contribution in [-0.2, 0) is 0 Å². The lowest BCUT2D eigenvalue weighted by Gasteiger charge is -2.05. The van der Waals surface area contributed by atoms with Gasteiger partial charge in [-0.05, 0) is 12.1 Å². The minimum absolute atomic E-state index is 0.552. The van der Waals surface area contributed by atoms with Gasteiger partial charge in [0.05, 0.1) is 16.8 Å². The van der Waals surface area contributed by atoms with Crippen molar-refractivity contribution in [2.45, 2.75) is 0 Å². The summed E-state index contributed by atoms with van der Waals surface area (Å²) in [6.45, 7) is 0. The lowest BCUT2D eigenvalue weighted by atomic mass is 10.1. The molecule has 0 aliphatic heterocycles. The van der Waals surface area contributed by atoms with Gasteiger partial charge in [0.15, 0.2) is 11.5 Å². The zero-order chi connectivity index (χ0) is 11.8. The number of aromatic nitrogens is 4. The smallest absolute Gasteiger partial charge is 0.179 e. The lowest BCUT2D eigenvalue weighted by molar-refractivity contribution is 1.11. The molecule has 0 fully saturated rings. The van der Waals surface area contributed by atoms with Gasteiger partial charge in [0, 0.05) is 18.1 Å². The third-order valence-corrected chi connectivity index (χ3v) is 2.80. The van der Waals surface area contributed by atoms with Crippen LogP contribution in [0, 0.1) is 0 Å². The van der Waals surface area contributed by atoms with Gasteiger partial charge in [-0.15, -0.1) is 10.2 Å². The molecule has 3 rings (SSSR count). The number of nitrogen functional groups attached to an aromatic ring is 1. The molecule has 5 nitrogen and oxygen atoms in total. The van der Waals surface area contributed by atoms with E-state index in [1.807, 2.05) is 0 Å². The second-order valence-electron chi connectivity index (χ2n) is 3.53. The highest BCUT2D eigenvalue weighted by Gasteiger charge is 2.13. The van der Waals surface area contributed by atoms with Crippen molar-refractivity contribution in [2.75, 3.05) is 5.73 Å². The molecule has 0 atom stereocenters. The lowest BCUT2D eigenvalue weighted by Crippen LogP contribution is -1.95. The quantitative estimate of drug-likeness (QED) is 0.666. The molecule has 0 bridgehead atoms. The van der Waals surface area contributed by atoms with Crippen LogP contribution in [0.3, 0.4) is 0 Å². The summed E-state index contributed by atoms with van der Waals surface area (Å²) in [5.41, 5.74) is 7.84. The molecular weight excluding hydrogens is 238 g/mol. The van der Waals surface area contributed by atoms with Gasteiger partial charge in [0.1, 0.15) is 0 Å². The van der Waals surface area contributed by atoms with E-state index < -0.39 is 0 Å². The largest absolute Gasteiger partial charge is 0.398 e. The SMILES string of the molecule is Nc1cccc(Cl)c1-c1nnc2cnccn12. The van der Waals surface area contributed by atoms with Crippen LogP contribution in [0.25, 0.3) is 17.0 Å². The fourth-order valence-electron chi connectivity index (χ4n) is 1.70. The summed E-state index contributed by atoms with van der Waals surface area (Å²) >= 11 is 6.14. The Hall–Kier alpha value is -2.14. The van der Waals surface area contributed by atoms with E-state index in [0.717, 1.165) is 0 Å². The first-order valence-corrected chi connectivity index (χ1v) is 5.34. The monoisotopic (exact) mass is 245 g/mol. The molecule has 2 N–H and O–H groups in total. The molecule has 0 unspecified atom stereocenters. The zero-order valence-electron chi connectivity index (χ0n) is 8.71. The van der Waals surface area contributed by atoms with E-state index in [9.17, 15) is 0 Å². The standard InChI is InChI=1S/C11H8ClN5/c12-7-2-1-3-8(13)10(7)11-16-15-9-6-14-4-5-17(9)11/h1-6H,13H2. The van der Waals surface area contributed by atoms with Crippen LogP contribution in [0.4, 0.5) is 5.69 Å². The number of hydrogen-bond acceptors (Lipinski definition) is 4. The summed E-state index contributed by atoms with van der Waals surface area (Å²) in [6, 6.07) is 5.35. The second-order valence-corrected chi connectivity index (χ2v) is 3.94. The maximum Gasteiger partial charge on any atom is 0.179 e. The third kappa shape index (κ3) is 1.52. The van der Waals surface area contributed by atoms with Crippen LogP contribution in [0.15, 0.2) is 36.8 Å². The van der Waals surface area contributed by atoms with Gasteiger partial charge in [-0.1, -0.05) is 17.7 Å². The van der Waals surface area contributed by atoms with Crippen LogP contribution in [0.5, 0.6) is 0 Å².